The number of nitrogens with zero attached hydrogens (tertiary/aromatic N) is 2. The molecule has 134 valence electrons. The molecule has 5 nitrogen and oxygen atoms in total. The van der Waals surface area contributed by atoms with Crippen molar-refractivity contribution in [1.29, 1.82) is 0 Å². The fourth-order valence-electron chi connectivity index (χ4n) is 2.56. The lowest BCUT2D eigenvalue weighted by Crippen LogP contribution is -2.28. The second-order valence-corrected chi connectivity index (χ2v) is 6.64. The zero-order valence-corrected chi connectivity index (χ0v) is 15.6. The van der Waals surface area contributed by atoms with Crippen molar-refractivity contribution in [2.24, 2.45) is 10.1 Å². The molecule has 0 fully saturated rings. The van der Waals surface area contributed by atoms with Crippen LogP contribution in [0.5, 0.6) is 11.5 Å². The van der Waals surface area contributed by atoms with E-state index in [1.807, 2.05) is 36.4 Å². The molecule has 0 saturated heterocycles. The van der Waals surface area contributed by atoms with Gasteiger partial charge in [0.2, 0.25) is 0 Å². The Kier molecular flexibility index (Phi) is 5.96. The van der Waals surface area contributed by atoms with Gasteiger partial charge in [0.15, 0.2) is 5.17 Å². The third-order valence-corrected chi connectivity index (χ3v) is 5.09. The van der Waals surface area contributed by atoms with Gasteiger partial charge < -0.3 is 9.47 Å². The largest absolute Gasteiger partial charge is 0.497 e. The summed E-state index contributed by atoms with van der Waals surface area (Å²) in [4.78, 5) is 4.47. The van der Waals surface area contributed by atoms with Crippen LogP contribution in [-0.2, 0) is 0 Å². The van der Waals surface area contributed by atoms with Crippen LogP contribution in [0.1, 0.15) is 16.4 Å². The summed E-state index contributed by atoms with van der Waals surface area (Å²) in [7, 11) is 3.33. The molecule has 0 unspecified atom stereocenters. The topological polar surface area (TPSA) is 55.2 Å². The molecule has 1 N–H and O–H groups in total. The Morgan fingerprint density at radius 2 is 1.69 bits per heavy atom. The number of methoxy groups -OCH3 is 2. The molecule has 2 aromatic rings. The van der Waals surface area contributed by atoms with Gasteiger partial charge in [-0.3, -0.25) is 10.4 Å². The predicted molar refractivity (Wildman–Crippen MR) is 108 cm³/mol. The van der Waals surface area contributed by atoms with Crippen LogP contribution < -0.4 is 14.9 Å². The standard InChI is InChI=1S/C20H21N3O2S/c1-4-13-21-20-23-22-18(14-5-9-16(24-2)10-6-14)19(26-20)15-7-11-17(25-3)12-8-15/h4-12,19H,1,13H2,2-3H3,(H,21,23)/t19-/m0/s1. The number of ether oxygens (including phenoxy) is 2. The first-order valence-corrected chi connectivity index (χ1v) is 9.07. The Hall–Kier alpha value is -2.73. The van der Waals surface area contributed by atoms with Crippen molar-refractivity contribution in [3.05, 3.63) is 72.3 Å². The SMILES string of the molecule is C=CCN=C1NN=C(c2ccc(OC)cc2)[C@H](c2ccc(OC)cc2)S1. The van der Waals surface area contributed by atoms with E-state index < -0.39 is 0 Å². The molecule has 3 rings (SSSR count). The van der Waals surface area contributed by atoms with E-state index in [1.165, 1.54) is 0 Å². The number of hydrazone groups is 1. The monoisotopic (exact) mass is 367 g/mol. The number of benzene rings is 2. The molecule has 1 aliphatic heterocycles. The first-order chi connectivity index (χ1) is 12.7. The highest BCUT2D eigenvalue weighted by Crippen LogP contribution is 2.36. The molecule has 0 aliphatic carbocycles. The van der Waals surface area contributed by atoms with Crippen LogP contribution in [0.4, 0.5) is 0 Å². The summed E-state index contributed by atoms with van der Waals surface area (Å²) < 4.78 is 10.5. The van der Waals surface area contributed by atoms with Gasteiger partial charge in [-0.05, 0) is 47.5 Å². The summed E-state index contributed by atoms with van der Waals surface area (Å²) in [6.07, 6.45) is 1.76. The lowest BCUT2D eigenvalue weighted by atomic mass is 10.0. The number of amidine groups is 1. The van der Waals surface area contributed by atoms with Crippen molar-refractivity contribution < 1.29 is 9.47 Å². The first-order valence-electron chi connectivity index (χ1n) is 8.19. The molecule has 1 aliphatic rings. The minimum atomic E-state index is 0.0270. The van der Waals surface area contributed by atoms with Crippen LogP contribution in [0.25, 0.3) is 0 Å². The van der Waals surface area contributed by atoms with Gasteiger partial charge in [-0.1, -0.05) is 30.0 Å². The number of aliphatic imine (C=N–C) groups is 1. The number of hydrogen-bond donors (Lipinski definition) is 1. The zero-order valence-electron chi connectivity index (χ0n) is 14.8. The van der Waals surface area contributed by atoms with E-state index >= 15 is 0 Å². The molecule has 0 radical (unpaired) electrons. The quantitative estimate of drug-likeness (QED) is 0.783. The Morgan fingerprint density at radius 3 is 2.27 bits per heavy atom. The van der Waals surface area contributed by atoms with Gasteiger partial charge in [0, 0.05) is 0 Å². The zero-order chi connectivity index (χ0) is 18.4. The maximum atomic E-state index is 5.27. The molecule has 1 atom stereocenters. The number of nitrogens with one attached hydrogen (secondary N) is 1. The van der Waals surface area contributed by atoms with Crippen molar-refractivity contribution in [3.8, 4) is 11.5 Å². The van der Waals surface area contributed by atoms with E-state index in [1.54, 1.807) is 32.1 Å². The van der Waals surface area contributed by atoms with Crippen molar-refractivity contribution >= 4 is 22.6 Å². The highest BCUT2D eigenvalue weighted by Gasteiger charge is 2.27. The van der Waals surface area contributed by atoms with E-state index in [0.717, 1.165) is 33.5 Å². The maximum absolute atomic E-state index is 5.27. The summed E-state index contributed by atoms with van der Waals surface area (Å²) in [5, 5.41) is 5.41. The van der Waals surface area contributed by atoms with Crippen LogP contribution in [0, 0.1) is 0 Å². The normalized spacial score (nSPS) is 18.0. The minimum Gasteiger partial charge on any atom is -0.497 e. The maximum Gasteiger partial charge on any atom is 0.178 e. The molecule has 0 aromatic heterocycles. The van der Waals surface area contributed by atoms with E-state index in [0.29, 0.717) is 6.54 Å². The van der Waals surface area contributed by atoms with Crippen molar-refractivity contribution in [3.63, 3.8) is 0 Å². The lowest BCUT2D eigenvalue weighted by molar-refractivity contribution is 0.414. The van der Waals surface area contributed by atoms with E-state index in [9.17, 15) is 0 Å². The van der Waals surface area contributed by atoms with Crippen molar-refractivity contribution in [2.45, 2.75) is 5.25 Å². The molecule has 0 saturated carbocycles. The molecule has 6 heteroatoms. The fraction of sp³-hybridized carbons (Fsp3) is 0.200. The molecule has 2 aromatic carbocycles. The molecule has 1 heterocycles. The highest BCUT2D eigenvalue weighted by molar-refractivity contribution is 8.14. The molecule has 0 bridgehead atoms. The third-order valence-electron chi connectivity index (χ3n) is 3.92. The summed E-state index contributed by atoms with van der Waals surface area (Å²) >= 11 is 1.64. The number of thioether (sulfide) groups is 1. The Morgan fingerprint density at radius 1 is 1.08 bits per heavy atom. The Balaban J connectivity index is 1.96. The summed E-state index contributed by atoms with van der Waals surface area (Å²) in [6.45, 7) is 4.27. The van der Waals surface area contributed by atoms with E-state index in [2.05, 4.69) is 34.2 Å². The number of hydrogen-bond acceptors (Lipinski definition) is 5. The van der Waals surface area contributed by atoms with Gasteiger partial charge in [-0.25, -0.2) is 0 Å². The summed E-state index contributed by atoms with van der Waals surface area (Å²) in [5.41, 5.74) is 6.17. The van der Waals surface area contributed by atoms with Crippen LogP contribution >= 0.6 is 11.8 Å². The predicted octanol–water partition coefficient (Wildman–Crippen LogP) is 4.03. The minimum absolute atomic E-state index is 0.0270. The highest BCUT2D eigenvalue weighted by atomic mass is 32.2. The Bertz CT molecular complexity index is 814. The van der Waals surface area contributed by atoms with E-state index in [-0.39, 0.29) is 5.25 Å². The second-order valence-electron chi connectivity index (χ2n) is 5.54. The lowest BCUT2D eigenvalue weighted by Gasteiger charge is -2.25. The van der Waals surface area contributed by atoms with Crippen LogP contribution in [-0.4, -0.2) is 31.6 Å². The van der Waals surface area contributed by atoms with Gasteiger partial charge in [0.1, 0.15) is 11.5 Å². The average molecular weight is 367 g/mol. The molecule has 26 heavy (non-hydrogen) atoms. The van der Waals surface area contributed by atoms with Gasteiger partial charge in [0.25, 0.3) is 0 Å². The van der Waals surface area contributed by atoms with E-state index in [4.69, 9.17) is 9.47 Å². The van der Waals surface area contributed by atoms with Crippen molar-refractivity contribution in [2.75, 3.05) is 20.8 Å². The summed E-state index contributed by atoms with van der Waals surface area (Å²) in [6, 6.07) is 16.0. The smallest absolute Gasteiger partial charge is 0.178 e. The van der Waals surface area contributed by atoms with Gasteiger partial charge in [-0.2, -0.15) is 5.10 Å². The Labute approximate surface area is 157 Å². The third kappa shape index (κ3) is 4.08. The van der Waals surface area contributed by atoms with Crippen LogP contribution in [0.15, 0.2) is 71.3 Å². The average Bonchev–Trinajstić information content (AvgIpc) is 2.72. The van der Waals surface area contributed by atoms with Crippen LogP contribution in [0.3, 0.4) is 0 Å². The van der Waals surface area contributed by atoms with Crippen molar-refractivity contribution in [1.82, 2.24) is 5.43 Å². The molecular formula is C20H21N3O2S. The summed E-state index contributed by atoms with van der Waals surface area (Å²) in [5.74, 6) is 1.65. The number of rotatable bonds is 6. The fourth-order valence-corrected chi connectivity index (χ4v) is 3.63. The molecule has 0 spiro atoms. The van der Waals surface area contributed by atoms with Gasteiger partial charge in [-0.15, -0.1) is 6.58 Å². The van der Waals surface area contributed by atoms with Gasteiger partial charge >= 0.3 is 0 Å². The van der Waals surface area contributed by atoms with Crippen LogP contribution in [0.2, 0.25) is 0 Å². The second kappa shape index (κ2) is 8.58. The first kappa shape index (κ1) is 18.1. The molecule has 0 amide bonds. The molecular weight excluding hydrogens is 346 g/mol. The van der Waals surface area contributed by atoms with Gasteiger partial charge in [0.05, 0.1) is 31.7 Å².